The Labute approximate surface area is 152 Å². The molecule has 0 saturated carbocycles. The molecule has 0 bridgehead atoms. The van der Waals surface area contributed by atoms with Gasteiger partial charge in [-0.05, 0) is 17.7 Å². The Hall–Kier alpha value is -2.46. The molecule has 1 amide bonds. The number of pyridine rings is 1. The number of aromatic nitrogens is 1. The van der Waals surface area contributed by atoms with Crippen LogP contribution in [0.1, 0.15) is 21.5 Å². The van der Waals surface area contributed by atoms with Crippen molar-refractivity contribution in [1.29, 1.82) is 0 Å². The van der Waals surface area contributed by atoms with E-state index in [0.29, 0.717) is 12.1 Å². The minimum Gasteiger partial charge on any atom is -1.00 e. The molecule has 0 atom stereocenters. The quantitative estimate of drug-likeness (QED) is 0.617. The van der Waals surface area contributed by atoms with Gasteiger partial charge in [0, 0.05) is 29.8 Å². The van der Waals surface area contributed by atoms with E-state index >= 15 is 0 Å². The molecular formula is C20H19BrN2O. The molecular weight excluding hydrogens is 364 g/mol. The molecule has 1 N–H and O–H groups in total. The Bertz CT molecular complexity index is 759. The summed E-state index contributed by atoms with van der Waals surface area (Å²) < 4.78 is 2.12. The molecule has 0 fully saturated rings. The normalized spacial score (nSPS) is 9.83. The van der Waals surface area contributed by atoms with Gasteiger partial charge < -0.3 is 22.3 Å². The van der Waals surface area contributed by atoms with Crippen LogP contribution >= 0.6 is 0 Å². The molecule has 24 heavy (non-hydrogen) atoms. The van der Waals surface area contributed by atoms with E-state index in [1.54, 1.807) is 0 Å². The van der Waals surface area contributed by atoms with E-state index in [2.05, 4.69) is 22.0 Å². The average Bonchev–Trinajstić information content (AvgIpc) is 2.62. The lowest BCUT2D eigenvalue weighted by atomic mass is 10.2. The van der Waals surface area contributed by atoms with E-state index in [1.165, 1.54) is 5.56 Å². The van der Waals surface area contributed by atoms with Crippen LogP contribution < -0.4 is 26.9 Å². The molecule has 2 aromatic carbocycles. The molecule has 0 unspecified atom stereocenters. The number of amides is 1. The van der Waals surface area contributed by atoms with Crippen LogP contribution in [-0.4, -0.2) is 5.91 Å². The monoisotopic (exact) mass is 382 g/mol. The number of carbonyl (C=O) groups excluding carboxylic acids is 1. The molecule has 0 aliphatic heterocycles. The van der Waals surface area contributed by atoms with Gasteiger partial charge >= 0.3 is 0 Å². The molecule has 4 heteroatoms. The Balaban J connectivity index is 0.00000208. The van der Waals surface area contributed by atoms with E-state index in [-0.39, 0.29) is 22.9 Å². The van der Waals surface area contributed by atoms with Gasteiger partial charge in [-0.2, -0.15) is 0 Å². The standard InChI is InChI=1S/C20H18N2O.BrH/c23-20(19-9-5-2-6-10-19)21-15-17-11-13-22(14-12-17)16-18-7-3-1-4-8-18;/h1-14H,15-16H2;1H. The molecule has 0 aliphatic rings. The first-order valence-corrected chi connectivity index (χ1v) is 7.66. The predicted octanol–water partition coefficient (Wildman–Crippen LogP) is -0.0436. The van der Waals surface area contributed by atoms with Crippen molar-refractivity contribution < 1.29 is 26.3 Å². The number of hydrogen-bond donors (Lipinski definition) is 1. The highest BCUT2D eigenvalue weighted by Gasteiger charge is 2.06. The topological polar surface area (TPSA) is 33.0 Å². The zero-order valence-corrected chi connectivity index (χ0v) is 14.8. The molecule has 0 aliphatic carbocycles. The summed E-state index contributed by atoms with van der Waals surface area (Å²) in [5.41, 5.74) is 3.03. The van der Waals surface area contributed by atoms with Gasteiger partial charge in [-0.25, -0.2) is 4.57 Å². The predicted molar refractivity (Wildman–Crippen MR) is 89.8 cm³/mol. The van der Waals surface area contributed by atoms with E-state index in [4.69, 9.17) is 0 Å². The molecule has 1 heterocycles. The molecule has 3 rings (SSSR count). The van der Waals surface area contributed by atoms with E-state index < -0.39 is 0 Å². The fraction of sp³-hybridized carbons (Fsp3) is 0.100. The van der Waals surface area contributed by atoms with Crippen molar-refractivity contribution in [2.24, 2.45) is 0 Å². The van der Waals surface area contributed by atoms with Gasteiger partial charge in [0.15, 0.2) is 18.9 Å². The number of nitrogens with zero attached hydrogens (tertiary/aromatic N) is 1. The van der Waals surface area contributed by atoms with Crippen molar-refractivity contribution in [3.63, 3.8) is 0 Å². The third-order valence-electron chi connectivity index (χ3n) is 3.66. The Morgan fingerprint density at radius 2 is 1.38 bits per heavy atom. The molecule has 3 aromatic rings. The molecule has 0 radical (unpaired) electrons. The number of benzene rings is 2. The number of carbonyl (C=O) groups is 1. The summed E-state index contributed by atoms with van der Waals surface area (Å²) in [5, 5.41) is 2.94. The zero-order valence-electron chi connectivity index (χ0n) is 13.2. The van der Waals surface area contributed by atoms with Crippen LogP contribution in [0.15, 0.2) is 85.2 Å². The second-order valence-corrected chi connectivity index (χ2v) is 5.41. The lowest BCUT2D eigenvalue weighted by Crippen LogP contribution is -3.00. The highest BCUT2D eigenvalue weighted by atomic mass is 79.9. The number of rotatable bonds is 5. The molecule has 3 nitrogen and oxygen atoms in total. The maximum absolute atomic E-state index is 12.0. The lowest BCUT2D eigenvalue weighted by Gasteiger charge is -2.05. The van der Waals surface area contributed by atoms with Crippen LogP contribution in [0.2, 0.25) is 0 Å². The Morgan fingerprint density at radius 1 is 0.792 bits per heavy atom. The van der Waals surface area contributed by atoms with Crippen molar-refractivity contribution >= 4 is 5.91 Å². The van der Waals surface area contributed by atoms with Crippen LogP contribution in [0, 0.1) is 0 Å². The summed E-state index contributed by atoms with van der Waals surface area (Å²) in [7, 11) is 0. The lowest BCUT2D eigenvalue weighted by molar-refractivity contribution is -0.688. The van der Waals surface area contributed by atoms with Crippen LogP contribution in [0.5, 0.6) is 0 Å². The van der Waals surface area contributed by atoms with Crippen molar-refractivity contribution in [1.82, 2.24) is 5.32 Å². The van der Waals surface area contributed by atoms with E-state index in [1.807, 2.05) is 73.1 Å². The average molecular weight is 383 g/mol. The van der Waals surface area contributed by atoms with Gasteiger partial charge in [0.1, 0.15) is 0 Å². The maximum Gasteiger partial charge on any atom is 0.251 e. The second kappa shape index (κ2) is 8.99. The van der Waals surface area contributed by atoms with Crippen molar-refractivity contribution in [2.75, 3.05) is 0 Å². The summed E-state index contributed by atoms with van der Waals surface area (Å²) in [6.45, 7) is 1.37. The van der Waals surface area contributed by atoms with Crippen LogP contribution in [0.3, 0.4) is 0 Å². The minimum atomic E-state index is -0.0494. The van der Waals surface area contributed by atoms with Gasteiger partial charge in [0.25, 0.3) is 5.91 Å². The zero-order chi connectivity index (χ0) is 15.9. The van der Waals surface area contributed by atoms with Gasteiger partial charge in [0.05, 0.1) is 0 Å². The smallest absolute Gasteiger partial charge is 0.251 e. The SMILES string of the molecule is O=C(NCc1cc[n+](Cc2ccccc2)cc1)c1ccccc1.[Br-]. The van der Waals surface area contributed by atoms with Gasteiger partial charge in [-0.15, -0.1) is 0 Å². The molecule has 122 valence electrons. The number of halogens is 1. The van der Waals surface area contributed by atoms with Crippen LogP contribution in [-0.2, 0) is 13.1 Å². The van der Waals surface area contributed by atoms with E-state index in [0.717, 1.165) is 12.1 Å². The van der Waals surface area contributed by atoms with Gasteiger partial charge in [0.2, 0.25) is 0 Å². The van der Waals surface area contributed by atoms with Gasteiger partial charge in [-0.3, -0.25) is 4.79 Å². The highest BCUT2D eigenvalue weighted by Crippen LogP contribution is 2.01. The molecule has 0 spiro atoms. The molecule has 0 saturated heterocycles. The summed E-state index contributed by atoms with van der Waals surface area (Å²) in [4.78, 5) is 12.0. The largest absolute Gasteiger partial charge is 1.00 e. The van der Waals surface area contributed by atoms with Crippen LogP contribution in [0.4, 0.5) is 0 Å². The Kier molecular flexibility index (Phi) is 6.70. The van der Waals surface area contributed by atoms with E-state index in [9.17, 15) is 4.79 Å². The van der Waals surface area contributed by atoms with Gasteiger partial charge in [-0.1, -0.05) is 48.5 Å². The first kappa shape index (κ1) is 17.9. The fourth-order valence-electron chi connectivity index (χ4n) is 2.38. The summed E-state index contributed by atoms with van der Waals surface area (Å²) in [6, 6.07) is 23.7. The maximum atomic E-state index is 12.0. The second-order valence-electron chi connectivity index (χ2n) is 5.41. The van der Waals surface area contributed by atoms with Crippen molar-refractivity contribution in [2.45, 2.75) is 13.1 Å². The molecule has 1 aromatic heterocycles. The fourth-order valence-corrected chi connectivity index (χ4v) is 2.38. The summed E-state index contributed by atoms with van der Waals surface area (Å²) in [6.07, 6.45) is 4.08. The minimum absolute atomic E-state index is 0. The highest BCUT2D eigenvalue weighted by molar-refractivity contribution is 5.94. The number of nitrogens with one attached hydrogen (secondary N) is 1. The summed E-state index contributed by atoms with van der Waals surface area (Å²) in [5.74, 6) is -0.0494. The van der Waals surface area contributed by atoms with Crippen molar-refractivity contribution in [3.8, 4) is 0 Å². The third kappa shape index (κ3) is 5.03. The third-order valence-corrected chi connectivity index (χ3v) is 3.66. The van der Waals surface area contributed by atoms with Crippen molar-refractivity contribution in [3.05, 3.63) is 102 Å². The summed E-state index contributed by atoms with van der Waals surface area (Å²) >= 11 is 0. The van der Waals surface area contributed by atoms with Crippen LogP contribution in [0.25, 0.3) is 0 Å². The first-order valence-electron chi connectivity index (χ1n) is 7.66. The number of hydrogen-bond acceptors (Lipinski definition) is 1. The first-order chi connectivity index (χ1) is 11.3. The Morgan fingerprint density at radius 3 is 2.00 bits per heavy atom.